The van der Waals surface area contributed by atoms with Gasteiger partial charge in [-0.3, -0.25) is 4.79 Å². The summed E-state index contributed by atoms with van der Waals surface area (Å²) in [6, 6.07) is 0. The number of hydrogen-bond donors (Lipinski definition) is 0. The molecule has 0 unspecified atom stereocenters. The highest BCUT2D eigenvalue weighted by molar-refractivity contribution is 6.64. The van der Waals surface area contributed by atoms with Crippen LogP contribution in [0.5, 0.6) is 0 Å². The molecule has 14 heavy (non-hydrogen) atoms. The Kier molecular flexibility index (Phi) is 5.10. The van der Waals surface area contributed by atoms with Crippen LogP contribution in [-0.2, 0) is 14.3 Å². The van der Waals surface area contributed by atoms with E-state index in [0.717, 1.165) is 0 Å². The molecule has 5 heteroatoms. The molecule has 5 nitrogen and oxygen atoms in total. The lowest BCUT2D eigenvalue weighted by atomic mass is 10.2. The van der Waals surface area contributed by atoms with E-state index in [2.05, 4.69) is 9.53 Å². The summed E-state index contributed by atoms with van der Waals surface area (Å²) >= 11 is 0. The van der Waals surface area contributed by atoms with E-state index in [-0.39, 0.29) is 6.61 Å². The molecule has 0 aromatic rings. The van der Waals surface area contributed by atoms with Crippen LogP contribution in [0.2, 0.25) is 0 Å². The lowest BCUT2D eigenvalue weighted by Crippen LogP contribution is -2.26. The second kappa shape index (κ2) is 5.83. The Balaban J connectivity index is 4.77. The van der Waals surface area contributed by atoms with E-state index in [1.54, 1.807) is 20.8 Å². The van der Waals surface area contributed by atoms with E-state index in [9.17, 15) is 9.59 Å². The van der Waals surface area contributed by atoms with Crippen molar-refractivity contribution in [1.29, 1.82) is 0 Å². The number of esters is 1. The van der Waals surface area contributed by atoms with Crippen molar-refractivity contribution in [2.24, 2.45) is 0 Å². The first-order valence-electron chi connectivity index (χ1n) is 4.11. The normalized spacial score (nSPS) is 8.50. The molecule has 0 N–H and O–H groups in total. The summed E-state index contributed by atoms with van der Waals surface area (Å²) in [5, 5.41) is 0. The van der Waals surface area contributed by atoms with Crippen molar-refractivity contribution in [2.75, 3.05) is 6.61 Å². The van der Waals surface area contributed by atoms with Crippen molar-refractivity contribution >= 4 is 17.5 Å². The van der Waals surface area contributed by atoms with Crippen LogP contribution in [0.3, 0.4) is 0 Å². The molecule has 0 aromatic heterocycles. The molecule has 76 valence electrons. The molecule has 0 bridgehead atoms. The number of ether oxygens (including phenoxy) is 1. The zero-order valence-electron chi connectivity index (χ0n) is 8.40. The van der Waals surface area contributed by atoms with Crippen molar-refractivity contribution in [1.82, 2.24) is 0 Å². The van der Waals surface area contributed by atoms with Crippen LogP contribution < -0.4 is 0 Å². The van der Waals surface area contributed by atoms with Gasteiger partial charge in [-0.2, -0.15) is 4.79 Å². The summed E-state index contributed by atoms with van der Waals surface area (Å²) in [5.41, 5.74) is 8.55. The third-order valence-corrected chi connectivity index (χ3v) is 1.22. The second-order valence-electron chi connectivity index (χ2n) is 2.76. The Bertz CT molecular complexity index is 321. The Morgan fingerprint density at radius 2 is 2.00 bits per heavy atom. The summed E-state index contributed by atoms with van der Waals surface area (Å²) in [6.07, 6.45) is 1.20. The van der Waals surface area contributed by atoms with Gasteiger partial charge in [0.2, 0.25) is 0 Å². The van der Waals surface area contributed by atoms with Gasteiger partial charge < -0.3 is 10.3 Å². The van der Waals surface area contributed by atoms with Gasteiger partial charge >= 0.3 is 11.7 Å². The fourth-order valence-corrected chi connectivity index (χ4v) is 0.721. The van der Waals surface area contributed by atoms with Gasteiger partial charge in [-0.25, -0.2) is 4.79 Å². The zero-order chi connectivity index (χ0) is 11.1. The minimum atomic E-state index is -0.919. The molecule has 0 saturated heterocycles. The third kappa shape index (κ3) is 3.78. The van der Waals surface area contributed by atoms with Crippen molar-refractivity contribution < 1.29 is 19.1 Å². The standard InChI is InChI=1S/C9H12N2O3/c1-4-14-9(13)8(11-10)7(12)5-6(2)3/h5H,4H2,1-3H3. The molecule has 0 rings (SSSR count). The highest BCUT2D eigenvalue weighted by Crippen LogP contribution is 1.92. The highest BCUT2D eigenvalue weighted by atomic mass is 16.5. The van der Waals surface area contributed by atoms with Gasteiger partial charge in [-0.05, 0) is 26.8 Å². The number of carbonyl (C=O) groups is 2. The molecule has 0 aliphatic rings. The quantitative estimate of drug-likeness (QED) is 0.166. The lowest BCUT2D eigenvalue weighted by Gasteiger charge is -1.94. The number of rotatable bonds is 4. The SMILES string of the molecule is CCOC(=O)C(=[N+]=[N-])C(=O)C=C(C)C. The summed E-state index contributed by atoms with van der Waals surface area (Å²) in [5.74, 6) is -1.58. The van der Waals surface area contributed by atoms with Crippen molar-refractivity contribution in [3.05, 3.63) is 17.2 Å². The molecular weight excluding hydrogens is 184 g/mol. The maximum absolute atomic E-state index is 11.2. The Morgan fingerprint density at radius 1 is 1.43 bits per heavy atom. The number of allylic oxidation sites excluding steroid dienone is 2. The van der Waals surface area contributed by atoms with Gasteiger partial charge in [0.25, 0.3) is 5.78 Å². The van der Waals surface area contributed by atoms with Crippen LogP contribution in [0.1, 0.15) is 20.8 Å². The van der Waals surface area contributed by atoms with Crippen molar-refractivity contribution in [2.45, 2.75) is 20.8 Å². The van der Waals surface area contributed by atoms with E-state index >= 15 is 0 Å². The Labute approximate surface area is 82.0 Å². The molecule has 0 fully saturated rings. The van der Waals surface area contributed by atoms with Crippen LogP contribution in [0.4, 0.5) is 0 Å². The van der Waals surface area contributed by atoms with Crippen LogP contribution in [0.15, 0.2) is 11.6 Å². The summed E-state index contributed by atoms with van der Waals surface area (Å²) < 4.78 is 4.52. The maximum Gasteiger partial charge on any atom is 0.445 e. The third-order valence-electron chi connectivity index (χ3n) is 1.22. The van der Waals surface area contributed by atoms with Gasteiger partial charge in [0, 0.05) is 0 Å². The largest absolute Gasteiger partial charge is 0.457 e. The molecule has 0 amide bonds. The Morgan fingerprint density at radius 3 is 2.36 bits per heavy atom. The molecule has 0 saturated carbocycles. The van der Waals surface area contributed by atoms with Gasteiger partial charge in [-0.15, -0.1) is 0 Å². The van der Waals surface area contributed by atoms with Gasteiger partial charge in [0.1, 0.15) is 0 Å². The lowest BCUT2D eigenvalue weighted by molar-refractivity contribution is -0.141. The molecule has 0 spiro atoms. The first-order chi connectivity index (χ1) is 6.52. The molecule has 0 heterocycles. The fourth-order valence-electron chi connectivity index (χ4n) is 0.721. The smallest absolute Gasteiger partial charge is 0.445 e. The van der Waals surface area contributed by atoms with E-state index in [1.165, 1.54) is 6.08 Å². The molecule has 0 aromatic carbocycles. The average molecular weight is 196 g/mol. The summed E-state index contributed by atoms with van der Waals surface area (Å²) in [7, 11) is 0. The van der Waals surface area contributed by atoms with Gasteiger partial charge in [0.15, 0.2) is 0 Å². The van der Waals surface area contributed by atoms with Crippen LogP contribution in [0, 0.1) is 0 Å². The van der Waals surface area contributed by atoms with Gasteiger partial charge in [-0.1, -0.05) is 5.57 Å². The van der Waals surface area contributed by atoms with Crippen LogP contribution in [0.25, 0.3) is 5.53 Å². The number of carbonyl (C=O) groups excluding carboxylic acids is 2. The second-order valence-corrected chi connectivity index (χ2v) is 2.76. The molecule has 0 aliphatic carbocycles. The molecule has 0 radical (unpaired) electrons. The average Bonchev–Trinajstić information content (AvgIpc) is 2.04. The first-order valence-corrected chi connectivity index (χ1v) is 4.11. The predicted molar refractivity (Wildman–Crippen MR) is 49.7 cm³/mol. The van der Waals surface area contributed by atoms with E-state index in [0.29, 0.717) is 5.57 Å². The fraction of sp³-hybridized carbons (Fsp3) is 0.444. The van der Waals surface area contributed by atoms with Crippen LogP contribution >= 0.6 is 0 Å². The minimum Gasteiger partial charge on any atom is -0.457 e. The minimum absolute atomic E-state index is 0.125. The van der Waals surface area contributed by atoms with Gasteiger partial charge in [0.05, 0.1) is 6.61 Å². The highest BCUT2D eigenvalue weighted by Gasteiger charge is 2.28. The first kappa shape index (κ1) is 12.3. The van der Waals surface area contributed by atoms with Crippen molar-refractivity contribution in [3.8, 4) is 0 Å². The Hall–Kier alpha value is -1.74. The molecular formula is C9H12N2O3. The predicted octanol–water partition coefficient (Wildman–Crippen LogP) is 0.756. The number of nitrogens with zero attached hydrogens (tertiary/aromatic N) is 2. The maximum atomic E-state index is 11.2. The van der Waals surface area contributed by atoms with E-state index in [4.69, 9.17) is 5.53 Å². The number of ketones is 1. The zero-order valence-corrected chi connectivity index (χ0v) is 8.40. The van der Waals surface area contributed by atoms with Crippen LogP contribution in [-0.4, -0.2) is 28.9 Å². The number of hydrogen-bond acceptors (Lipinski definition) is 3. The summed E-state index contributed by atoms with van der Waals surface area (Å²) in [4.78, 5) is 24.9. The van der Waals surface area contributed by atoms with E-state index < -0.39 is 17.5 Å². The topological polar surface area (TPSA) is 79.8 Å². The molecule has 0 aliphatic heterocycles. The monoisotopic (exact) mass is 196 g/mol. The summed E-state index contributed by atoms with van der Waals surface area (Å²) in [6.45, 7) is 5.11. The molecule has 0 atom stereocenters. The van der Waals surface area contributed by atoms with Crippen molar-refractivity contribution in [3.63, 3.8) is 0 Å². The van der Waals surface area contributed by atoms with E-state index in [1.807, 2.05) is 0 Å².